The molecule has 0 bridgehead atoms. The van der Waals surface area contributed by atoms with Gasteiger partial charge in [0.15, 0.2) is 11.5 Å². The molecular weight excluding hydrogens is 450 g/mol. The van der Waals surface area contributed by atoms with Crippen molar-refractivity contribution in [2.75, 3.05) is 6.54 Å². The molecule has 2 heterocycles. The summed E-state index contributed by atoms with van der Waals surface area (Å²) in [6, 6.07) is 20.8. The van der Waals surface area contributed by atoms with Crippen LogP contribution in [0.25, 0.3) is 11.0 Å². The Labute approximate surface area is 202 Å². The number of nitrogens with one attached hydrogen (secondary N) is 1. The normalized spacial score (nSPS) is 17.3. The first kappa shape index (κ1) is 22.2. The van der Waals surface area contributed by atoms with Gasteiger partial charge in [0, 0.05) is 22.5 Å². The number of aryl methyl sites for hydroxylation is 1. The Bertz CT molecular complexity index is 1390. The van der Waals surface area contributed by atoms with Gasteiger partial charge in [0.2, 0.25) is 0 Å². The summed E-state index contributed by atoms with van der Waals surface area (Å²) in [6.07, 6.45) is 0.890. The van der Waals surface area contributed by atoms with Crippen LogP contribution >= 0.6 is 11.6 Å². The second-order valence-corrected chi connectivity index (χ2v) is 9.24. The maximum Gasteiger partial charge on any atom is 0.287 e. The predicted molar refractivity (Wildman–Crippen MR) is 132 cm³/mol. The second-order valence-electron chi connectivity index (χ2n) is 8.80. The SMILES string of the molecule is Cc1c(C(=O)NCCc2ccccc2)oc2ccc3c(c12)C(=O)CC(C)(c1ccc(Cl)cc1)O3. The molecule has 3 aromatic carbocycles. The van der Waals surface area contributed by atoms with Gasteiger partial charge in [0.05, 0.1) is 12.0 Å². The molecule has 1 aliphatic heterocycles. The van der Waals surface area contributed by atoms with E-state index >= 15 is 0 Å². The molecule has 6 heteroatoms. The highest BCUT2D eigenvalue weighted by atomic mass is 35.5. The maximum absolute atomic E-state index is 13.4. The third-order valence-corrected chi connectivity index (χ3v) is 6.62. The zero-order chi connectivity index (χ0) is 23.9. The minimum atomic E-state index is -0.808. The van der Waals surface area contributed by atoms with E-state index in [9.17, 15) is 9.59 Å². The van der Waals surface area contributed by atoms with Crippen LogP contribution in [0.4, 0.5) is 0 Å². The van der Waals surface area contributed by atoms with Crippen LogP contribution < -0.4 is 10.1 Å². The molecule has 5 rings (SSSR count). The Balaban J connectivity index is 1.43. The number of ether oxygens (including phenoxy) is 1. The van der Waals surface area contributed by atoms with Crippen LogP contribution in [0.2, 0.25) is 5.02 Å². The van der Waals surface area contributed by atoms with E-state index < -0.39 is 5.60 Å². The zero-order valence-corrected chi connectivity index (χ0v) is 19.7. The minimum Gasteiger partial charge on any atom is -0.482 e. The van der Waals surface area contributed by atoms with Crippen LogP contribution in [0.1, 0.15) is 50.9 Å². The molecule has 1 unspecified atom stereocenters. The number of amides is 1. The third kappa shape index (κ3) is 3.97. The first-order chi connectivity index (χ1) is 16.4. The molecule has 5 nitrogen and oxygen atoms in total. The van der Waals surface area contributed by atoms with E-state index in [1.165, 1.54) is 0 Å². The van der Waals surface area contributed by atoms with E-state index in [0.717, 1.165) is 17.5 Å². The number of fused-ring (bicyclic) bond motifs is 3. The van der Waals surface area contributed by atoms with Crippen molar-refractivity contribution < 1.29 is 18.7 Å². The fourth-order valence-corrected chi connectivity index (χ4v) is 4.71. The van der Waals surface area contributed by atoms with E-state index in [2.05, 4.69) is 5.32 Å². The lowest BCUT2D eigenvalue weighted by Gasteiger charge is -2.35. The Morgan fingerprint density at radius 2 is 1.79 bits per heavy atom. The van der Waals surface area contributed by atoms with Gasteiger partial charge in [-0.3, -0.25) is 9.59 Å². The average Bonchev–Trinajstić information content (AvgIpc) is 3.16. The fraction of sp³-hybridized carbons (Fsp3) is 0.214. The highest BCUT2D eigenvalue weighted by molar-refractivity contribution is 6.30. The van der Waals surface area contributed by atoms with Crippen molar-refractivity contribution in [1.82, 2.24) is 5.32 Å². The molecule has 0 spiro atoms. The van der Waals surface area contributed by atoms with Crippen LogP contribution in [0.5, 0.6) is 5.75 Å². The Hall–Kier alpha value is -3.57. The summed E-state index contributed by atoms with van der Waals surface area (Å²) in [5.41, 5.74) is 2.81. The molecular formula is C28H24ClNO4. The van der Waals surface area contributed by atoms with Gasteiger partial charge in [-0.2, -0.15) is 0 Å². The third-order valence-electron chi connectivity index (χ3n) is 6.37. The molecule has 1 amide bonds. The van der Waals surface area contributed by atoms with Crippen molar-refractivity contribution in [1.29, 1.82) is 0 Å². The number of furan rings is 1. The van der Waals surface area contributed by atoms with Gasteiger partial charge in [-0.15, -0.1) is 0 Å². The number of ketones is 1. The summed E-state index contributed by atoms with van der Waals surface area (Å²) in [5, 5.41) is 4.18. The molecule has 1 aliphatic rings. The average molecular weight is 474 g/mol. The topological polar surface area (TPSA) is 68.5 Å². The lowest BCUT2D eigenvalue weighted by Crippen LogP contribution is -2.36. The standard InChI is InChI=1S/C28H24ClNO4/c1-17-24-22(33-26(17)27(32)30-15-14-18-6-4-3-5-7-18)12-13-23-25(24)21(31)16-28(2,34-23)19-8-10-20(29)11-9-19/h3-13H,14-16H2,1-2H3,(H,30,32). The molecule has 0 saturated heterocycles. The monoisotopic (exact) mass is 473 g/mol. The Morgan fingerprint density at radius 3 is 2.53 bits per heavy atom. The van der Waals surface area contributed by atoms with Crippen molar-refractivity contribution >= 4 is 34.3 Å². The van der Waals surface area contributed by atoms with Crippen LogP contribution in [-0.4, -0.2) is 18.2 Å². The summed E-state index contributed by atoms with van der Waals surface area (Å²) < 4.78 is 12.2. The Morgan fingerprint density at radius 1 is 1.06 bits per heavy atom. The maximum atomic E-state index is 13.4. The Kier molecular flexibility index (Phi) is 5.66. The van der Waals surface area contributed by atoms with E-state index in [0.29, 0.717) is 39.4 Å². The number of hydrogen-bond acceptors (Lipinski definition) is 4. The predicted octanol–water partition coefficient (Wildman–Crippen LogP) is 6.25. The summed E-state index contributed by atoms with van der Waals surface area (Å²) >= 11 is 6.03. The highest BCUT2D eigenvalue weighted by Crippen LogP contribution is 2.44. The highest BCUT2D eigenvalue weighted by Gasteiger charge is 2.40. The number of rotatable bonds is 5. The van der Waals surface area contributed by atoms with Gasteiger partial charge >= 0.3 is 0 Å². The quantitative estimate of drug-likeness (QED) is 0.372. The summed E-state index contributed by atoms with van der Waals surface area (Å²) in [7, 11) is 0. The molecule has 4 aromatic rings. The number of carbonyl (C=O) groups is 2. The summed E-state index contributed by atoms with van der Waals surface area (Å²) in [4.78, 5) is 26.2. The van der Waals surface area contributed by atoms with Gasteiger partial charge in [-0.25, -0.2) is 0 Å². The molecule has 0 fully saturated rings. The van der Waals surface area contributed by atoms with Crippen LogP contribution in [0.3, 0.4) is 0 Å². The van der Waals surface area contributed by atoms with E-state index in [1.807, 2.05) is 49.4 Å². The van der Waals surface area contributed by atoms with Crippen molar-refractivity contribution in [3.05, 3.63) is 99.8 Å². The summed E-state index contributed by atoms with van der Waals surface area (Å²) in [6.45, 7) is 4.19. The molecule has 0 saturated carbocycles. The first-order valence-corrected chi connectivity index (χ1v) is 11.6. The van der Waals surface area contributed by atoms with E-state index in [4.69, 9.17) is 20.8 Å². The summed E-state index contributed by atoms with van der Waals surface area (Å²) in [5.74, 6) is 0.356. The molecule has 0 radical (unpaired) electrons. The number of halogens is 1. The second kappa shape index (κ2) is 8.65. The number of hydrogen-bond donors (Lipinski definition) is 1. The van der Waals surface area contributed by atoms with Gasteiger partial charge in [-0.05, 0) is 55.7 Å². The number of carbonyl (C=O) groups excluding carboxylic acids is 2. The van der Waals surface area contributed by atoms with Gasteiger partial charge in [0.1, 0.15) is 16.9 Å². The van der Waals surface area contributed by atoms with Crippen molar-refractivity contribution in [3.63, 3.8) is 0 Å². The fourth-order valence-electron chi connectivity index (χ4n) is 4.58. The van der Waals surface area contributed by atoms with E-state index in [-0.39, 0.29) is 23.9 Å². The molecule has 34 heavy (non-hydrogen) atoms. The van der Waals surface area contributed by atoms with Crippen molar-refractivity contribution in [2.45, 2.75) is 32.3 Å². The molecule has 1 N–H and O–H groups in total. The van der Waals surface area contributed by atoms with Crippen LogP contribution in [0.15, 0.2) is 71.1 Å². The minimum absolute atomic E-state index is 0.0516. The lowest BCUT2D eigenvalue weighted by atomic mass is 9.84. The number of benzene rings is 3. The van der Waals surface area contributed by atoms with Gasteiger partial charge in [0.25, 0.3) is 5.91 Å². The van der Waals surface area contributed by atoms with Crippen molar-refractivity contribution in [3.8, 4) is 5.75 Å². The molecule has 1 atom stereocenters. The van der Waals surface area contributed by atoms with Gasteiger partial charge in [-0.1, -0.05) is 54.1 Å². The zero-order valence-electron chi connectivity index (χ0n) is 19.0. The largest absolute Gasteiger partial charge is 0.482 e. The molecule has 1 aromatic heterocycles. The lowest BCUT2D eigenvalue weighted by molar-refractivity contribution is 0.0507. The first-order valence-electron chi connectivity index (χ1n) is 11.2. The number of Topliss-reactive ketones (excluding diaryl/α,β-unsaturated/α-hetero) is 1. The molecule has 0 aliphatic carbocycles. The van der Waals surface area contributed by atoms with Crippen LogP contribution in [0, 0.1) is 6.92 Å². The van der Waals surface area contributed by atoms with E-state index in [1.54, 1.807) is 31.2 Å². The molecule has 172 valence electrons. The van der Waals surface area contributed by atoms with Gasteiger partial charge < -0.3 is 14.5 Å². The smallest absolute Gasteiger partial charge is 0.287 e. The van der Waals surface area contributed by atoms with Crippen LogP contribution in [-0.2, 0) is 12.0 Å². The van der Waals surface area contributed by atoms with Crippen molar-refractivity contribution in [2.24, 2.45) is 0 Å².